The molecule has 0 saturated carbocycles. The largest absolute Gasteiger partial charge is 0.462 e. The van der Waals surface area contributed by atoms with Crippen molar-refractivity contribution in [3.05, 3.63) is 23.5 Å². The molecule has 11 nitrogen and oxygen atoms in total. The maximum Gasteiger partial charge on any atom is 0.309 e. The normalized spacial score (nSPS) is 23.9. The number of hydrogen-bond acceptors (Lipinski definition) is 11. The Kier molecular flexibility index (Phi) is 12.0. The molecule has 2 rings (SSSR count). The van der Waals surface area contributed by atoms with Crippen LogP contribution >= 0.6 is 0 Å². The van der Waals surface area contributed by atoms with Crippen molar-refractivity contribution in [2.45, 2.75) is 105 Å². The molecule has 0 radical (unpaired) electrons. The van der Waals surface area contributed by atoms with E-state index in [0.717, 1.165) is 0 Å². The van der Waals surface area contributed by atoms with Crippen LogP contribution in [0.25, 0.3) is 0 Å². The molecule has 4 atom stereocenters. The Bertz CT molecular complexity index is 1020. The highest BCUT2D eigenvalue weighted by atomic mass is 16.7. The standard InChI is InChI=1S/C30H46O11/c1-17(2)9-23(31)39-16-30(36)22(40-24(32)10-18(3)4)12-21-20(14-37-26(34)13-29(7,8)35)15-38-28(27(21)30)41-25(33)11-19(5)6/h12,15,17-19,22,27-28,35-36H,9-11,13-14,16H2,1-8H3. The monoisotopic (exact) mass is 582 g/mol. The number of carbonyl (C=O) groups excluding carboxylic acids is 4. The highest BCUT2D eigenvalue weighted by molar-refractivity contribution is 5.72. The maximum atomic E-state index is 12.7. The molecule has 0 aromatic heterocycles. The van der Waals surface area contributed by atoms with E-state index >= 15 is 0 Å². The molecule has 0 aromatic rings. The highest BCUT2D eigenvalue weighted by Gasteiger charge is 2.59. The first-order valence-electron chi connectivity index (χ1n) is 14.1. The van der Waals surface area contributed by atoms with E-state index in [1.807, 2.05) is 41.5 Å². The zero-order valence-corrected chi connectivity index (χ0v) is 25.4. The van der Waals surface area contributed by atoms with E-state index in [0.29, 0.717) is 11.1 Å². The lowest BCUT2D eigenvalue weighted by Gasteiger charge is -2.40. The SMILES string of the molecule is CC(C)CC(=O)OCC1(O)C(OC(=O)CC(C)C)C=C2C(COC(=O)CC(C)(C)O)=COC(OC(=O)CC(C)C)C21. The molecular weight excluding hydrogens is 536 g/mol. The first-order chi connectivity index (χ1) is 18.9. The summed E-state index contributed by atoms with van der Waals surface area (Å²) in [7, 11) is 0. The van der Waals surface area contributed by atoms with Gasteiger partial charge in [0.25, 0.3) is 6.29 Å². The van der Waals surface area contributed by atoms with Gasteiger partial charge in [0, 0.05) is 24.8 Å². The van der Waals surface area contributed by atoms with Crippen LogP contribution in [0.1, 0.15) is 81.1 Å². The van der Waals surface area contributed by atoms with E-state index in [1.54, 1.807) is 0 Å². The van der Waals surface area contributed by atoms with E-state index in [1.165, 1.54) is 26.2 Å². The van der Waals surface area contributed by atoms with Crippen LogP contribution in [0.5, 0.6) is 0 Å². The topological polar surface area (TPSA) is 155 Å². The molecule has 0 saturated heterocycles. The summed E-state index contributed by atoms with van der Waals surface area (Å²) in [5, 5.41) is 22.0. The lowest BCUT2D eigenvalue weighted by atomic mass is 9.82. The Labute approximate surface area is 242 Å². The minimum absolute atomic E-state index is 0.00458. The molecule has 0 amide bonds. The maximum absolute atomic E-state index is 12.7. The number of carbonyl (C=O) groups is 4. The van der Waals surface area contributed by atoms with Crippen molar-refractivity contribution in [2.24, 2.45) is 23.7 Å². The highest BCUT2D eigenvalue weighted by Crippen LogP contribution is 2.47. The van der Waals surface area contributed by atoms with Crippen LogP contribution in [0.3, 0.4) is 0 Å². The fourth-order valence-electron chi connectivity index (χ4n) is 4.55. The van der Waals surface area contributed by atoms with Gasteiger partial charge >= 0.3 is 23.9 Å². The van der Waals surface area contributed by atoms with Crippen LogP contribution in [0.4, 0.5) is 0 Å². The van der Waals surface area contributed by atoms with E-state index in [4.69, 9.17) is 23.7 Å². The molecule has 232 valence electrons. The van der Waals surface area contributed by atoms with Gasteiger partial charge in [-0.1, -0.05) is 41.5 Å². The summed E-state index contributed by atoms with van der Waals surface area (Å²) in [6, 6.07) is 0. The average molecular weight is 583 g/mol. The summed E-state index contributed by atoms with van der Waals surface area (Å²) in [6.45, 7) is 13.1. The fourth-order valence-corrected chi connectivity index (χ4v) is 4.55. The van der Waals surface area contributed by atoms with Crippen molar-refractivity contribution in [3.8, 4) is 0 Å². The van der Waals surface area contributed by atoms with Gasteiger partial charge in [-0.05, 0) is 43.3 Å². The lowest BCUT2D eigenvalue weighted by Crippen LogP contribution is -2.56. The molecule has 0 fully saturated rings. The second kappa shape index (κ2) is 14.3. The van der Waals surface area contributed by atoms with Crippen molar-refractivity contribution in [1.82, 2.24) is 0 Å². The molecule has 0 spiro atoms. The third-order valence-corrected chi connectivity index (χ3v) is 6.35. The van der Waals surface area contributed by atoms with Crippen molar-refractivity contribution in [3.63, 3.8) is 0 Å². The minimum Gasteiger partial charge on any atom is -0.462 e. The van der Waals surface area contributed by atoms with Crippen molar-refractivity contribution in [1.29, 1.82) is 0 Å². The van der Waals surface area contributed by atoms with Gasteiger partial charge < -0.3 is 33.9 Å². The van der Waals surface area contributed by atoms with Crippen molar-refractivity contribution >= 4 is 23.9 Å². The predicted molar refractivity (Wildman–Crippen MR) is 147 cm³/mol. The molecule has 1 heterocycles. The van der Waals surface area contributed by atoms with Gasteiger partial charge in [-0.15, -0.1) is 0 Å². The van der Waals surface area contributed by atoms with Crippen LogP contribution in [-0.2, 0) is 42.9 Å². The van der Waals surface area contributed by atoms with Crippen LogP contribution in [-0.4, -0.2) is 70.9 Å². The molecule has 1 aliphatic heterocycles. The van der Waals surface area contributed by atoms with Gasteiger partial charge in [0.15, 0.2) is 11.7 Å². The van der Waals surface area contributed by atoms with Crippen LogP contribution in [0.15, 0.2) is 23.5 Å². The molecule has 4 unspecified atom stereocenters. The first kappa shape index (κ1) is 34.3. The Morgan fingerprint density at radius 2 is 1.41 bits per heavy atom. The van der Waals surface area contributed by atoms with Crippen LogP contribution < -0.4 is 0 Å². The summed E-state index contributed by atoms with van der Waals surface area (Å²) >= 11 is 0. The Hall–Kier alpha value is -2.92. The molecule has 0 aromatic carbocycles. The second-order valence-corrected chi connectivity index (χ2v) is 12.7. The molecule has 2 aliphatic rings. The van der Waals surface area contributed by atoms with Gasteiger partial charge in [-0.25, -0.2) is 0 Å². The van der Waals surface area contributed by atoms with Crippen molar-refractivity contribution in [2.75, 3.05) is 13.2 Å². The van der Waals surface area contributed by atoms with Gasteiger partial charge in [-0.2, -0.15) is 0 Å². The Morgan fingerprint density at radius 3 is 1.95 bits per heavy atom. The second-order valence-electron chi connectivity index (χ2n) is 12.7. The number of fused-ring (bicyclic) bond motifs is 1. The smallest absolute Gasteiger partial charge is 0.309 e. The fraction of sp³-hybridized carbons (Fsp3) is 0.733. The Morgan fingerprint density at radius 1 is 0.878 bits per heavy atom. The zero-order chi connectivity index (χ0) is 31.1. The summed E-state index contributed by atoms with van der Waals surface area (Å²) < 4.78 is 27.8. The van der Waals surface area contributed by atoms with Crippen LogP contribution in [0, 0.1) is 23.7 Å². The first-order valence-corrected chi connectivity index (χ1v) is 14.1. The summed E-state index contributed by atoms with van der Waals surface area (Å²) in [5.41, 5.74) is -2.66. The van der Waals surface area contributed by atoms with E-state index in [-0.39, 0.29) is 50.0 Å². The van der Waals surface area contributed by atoms with E-state index in [9.17, 15) is 29.4 Å². The molecule has 41 heavy (non-hydrogen) atoms. The molecule has 1 aliphatic carbocycles. The predicted octanol–water partition coefficient (Wildman–Crippen LogP) is 3.35. The van der Waals surface area contributed by atoms with Crippen molar-refractivity contribution < 1.29 is 53.1 Å². The number of hydrogen-bond donors (Lipinski definition) is 2. The Balaban J connectivity index is 2.45. The quantitative estimate of drug-likeness (QED) is 0.229. The lowest BCUT2D eigenvalue weighted by molar-refractivity contribution is -0.218. The van der Waals surface area contributed by atoms with Gasteiger partial charge in [0.05, 0.1) is 24.2 Å². The van der Waals surface area contributed by atoms with Gasteiger partial charge in [-0.3, -0.25) is 19.2 Å². The molecular formula is C30H46O11. The third-order valence-electron chi connectivity index (χ3n) is 6.35. The molecule has 0 bridgehead atoms. The number of esters is 4. The van der Waals surface area contributed by atoms with E-state index < -0.39 is 60.0 Å². The summed E-state index contributed by atoms with van der Waals surface area (Å²) in [4.78, 5) is 50.1. The number of rotatable bonds is 14. The third kappa shape index (κ3) is 10.5. The summed E-state index contributed by atoms with van der Waals surface area (Å²) in [6.07, 6.45) is 0.126. The average Bonchev–Trinajstić information content (AvgIpc) is 3.07. The number of aliphatic hydroxyl groups is 2. The number of ether oxygens (including phenoxy) is 5. The van der Waals surface area contributed by atoms with Gasteiger partial charge in [0.2, 0.25) is 0 Å². The summed E-state index contributed by atoms with van der Waals surface area (Å²) in [5.74, 6) is -3.55. The van der Waals surface area contributed by atoms with Gasteiger partial charge in [0.1, 0.15) is 13.2 Å². The van der Waals surface area contributed by atoms with Crippen LogP contribution in [0.2, 0.25) is 0 Å². The molecule has 2 N–H and O–H groups in total. The minimum atomic E-state index is -2.06. The molecule has 11 heteroatoms. The zero-order valence-electron chi connectivity index (χ0n) is 25.4. The van der Waals surface area contributed by atoms with E-state index in [2.05, 4.69) is 0 Å².